The van der Waals surface area contributed by atoms with Crippen molar-refractivity contribution >= 4 is 10.9 Å². The average Bonchev–Trinajstić information content (AvgIpc) is 2.46. The molecule has 0 saturated carbocycles. The van der Waals surface area contributed by atoms with Gasteiger partial charge in [0.25, 0.3) is 0 Å². The third-order valence-corrected chi connectivity index (χ3v) is 3.22. The van der Waals surface area contributed by atoms with E-state index in [2.05, 4.69) is 24.0 Å². The molecule has 3 aromatic rings. The van der Waals surface area contributed by atoms with E-state index in [9.17, 15) is 0 Å². The second-order valence-corrected chi connectivity index (χ2v) is 4.58. The van der Waals surface area contributed by atoms with Crippen LogP contribution in [0.15, 0.2) is 60.8 Å². The lowest BCUT2D eigenvalue weighted by Gasteiger charge is -2.08. The van der Waals surface area contributed by atoms with Crippen LogP contribution in [0, 0.1) is 6.92 Å². The fourth-order valence-electron chi connectivity index (χ4n) is 2.06. The van der Waals surface area contributed by atoms with E-state index in [0.29, 0.717) is 6.61 Å². The van der Waals surface area contributed by atoms with E-state index in [1.54, 1.807) is 6.20 Å². The number of para-hydroxylation sites is 1. The first-order valence-electron chi connectivity index (χ1n) is 6.35. The maximum absolute atomic E-state index is 5.82. The highest BCUT2D eigenvalue weighted by Gasteiger charge is 2.01. The molecule has 19 heavy (non-hydrogen) atoms. The van der Waals surface area contributed by atoms with E-state index in [1.165, 1.54) is 11.1 Å². The molecular weight excluding hydrogens is 234 g/mol. The van der Waals surface area contributed by atoms with Gasteiger partial charge in [0.2, 0.25) is 0 Å². The van der Waals surface area contributed by atoms with E-state index < -0.39 is 0 Å². The molecule has 3 rings (SSSR count). The van der Waals surface area contributed by atoms with Gasteiger partial charge in [-0.15, -0.1) is 0 Å². The van der Waals surface area contributed by atoms with E-state index in [1.807, 2.05) is 42.5 Å². The monoisotopic (exact) mass is 249 g/mol. The van der Waals surface area contributed by atoms with Crippen LogP contribution < -0.4 is 4.74 Å². The molecule has 0 radical (unpaired) electrons. The van der Waals surface area contributed by atoms with Crippen LogP contribution in [0.5, 0.6) is 5.75 Å². The zero-order valence-electron chi connectivity index (χ0n) is 10.8. The topological polar surface area (TPSA) is 22.1 Å². The molecule has 0 bridgehead atoms. The van der Waals surface area contributed by atoms with Crippen molar-refractivity contribution in [3.8, 4) is 5.75 Å². The zero-order chi connectivity index (χ0) is 13.1. The van der Waals surface area contributed by atoms with E-state index >= 15 is 0 Å². The van der Waals surface area contributed by atoms with Crippen molar-refractivity contribution in [2.24, 2.45) is 0 Å². The minimum absolute atomic E-state index is 0.576. The van der Waals surface area contributed by atoms with Gasteiger partial charge < -0.3 is 4.74 Å². The SMILES string of the molecule is Cc1ccccc1COc1cnc2ccccc2c1. The molecular formula is C17H15NO. The van der Waals surface area contributed by atoms with Gasteiger partial charge >= 0.3 is 0 Å². The van der Waals surface area contributed by atoms with Crippen molar-refractivity contribution in [3.63, 3.8) is 0 Å². The Balaban J connectivity index is 1.80. The van der Waals surface area contributed by atoms with Crippen molar-refractivity contribution in [3.05, 3.63) is 71.9 Å². The van der Waals surface area contributed by atoms with E-state index in [4.69, 9.17) is 4.74 Å². The van der Waals surface area contributed by atoms with Crippen LogP contribution in [-0.4, -0.2) is 4.98 Å². The molecule has 0 aliphatic heterocycles. The van der Waals surface area contributed by atoms with Crippen LogP contribution in [0.4, 0.5) is 0 Å². The number of hydrogen-bond donors (Lipinski definition) is 0. The molecule has 0 aliphatic carbocycles. The smallest absolute Gasteiger partial charge is 0.138 e. The van der Waals surface area contributed by atoms with Crippen molar-refractivity contribution in [1.29, 1.82) is 0 Å². The molecule has 0 atom stereocenters. The Bertz CT molecular complexity index is 706. The summed E-state index contributed by atoms with van der Waals surface area (Å²) in [6.45, 7) is 2.67. The highest BCUT2D eigenvalue weighted by atomic mass is 16.5. The molecule has 0 saturated heterocycles. The minimum atomic E-state index is 0.576. The fraction of sp³-hybridized carbons (Fsp3) is 0.118. The Morgan fingerprint density at radius 1 is 1.00 bits per heavy atom. The molecule has 0 fully saturated rings. The van der Waals surface area contributed by atoms with Gasteiger partial charge in [-0.2, -0.15) is 0 Å². The summed E-state index contributed by atoms with van der Waals surface area (Å²) in [4.78, 5) is 4.39. The lowest BCUT2D eigenvalue weighted by Crippen LogP contribution is -1.98. The first-order valence-corrected chi connectivity index (χ1v) is 6.35. The third kappa shape index (κ3) is 2.58. The summed E-state index contributed by atoms with van der Waals surface area (Å²) in [5, 5.41) is 1.10. The largest absolute Gasteiger partial charge is 0.487 e. The lowest BCUT2D eigenvalue weighted by atomic mass is 10.1. The number of aromatic nitrogens is 1. The van der Waals surface area contributed by atoms with Crippen molar-refractivity contribution in [1.82, 2.24) is 4.98 Å². The van der Waals surface area contributed by atoms with Crippen molar-refractivity contribution in [2.45, 2.75) is 13.5 Å². The summed E-state index contributed by atoms with van der Waals surface area (Å²) >= 11 is 0. The van der Waals surface area contributed by atoms with Crippen molar-refractivity contribution in [2.75, 3.05) is 0 Å². The first-order chi connectivity index (χ1) is 9.33. The number of aryl methyl sites for hydroxylation is 1. The minimum Gasteiger partial charge on any atom is -0.487 e. The number of nitrogens with zero attached hydrogens (tertiary/aromatic N) is 1. The molecule has 0 N–H and O–H groups in total. The summed E-state index contributed by atoms with van der Waals surface area (Å²) in [6.07, 6.45) is 1.78. The number of rotatable bonds is 3. The Labute approximate surface area is 112 Å². The van der Waals surface area contributed by atoms with E-state index in [-0.39, 0.29) is 0 Å². The van der Waals surface area contributed by atoms with Gasteiger partial charge in [0.05, 0.1) is 11.7 Å². The normalized spacial score (nSPS) is 10.6. The molecule has 0 unspecified atom stereocenters. The van der Waals surface area contributed by atoms with Gasteiger partial charge in [0.1, 0.15) is 12.4 Å². The van der Waals surface area contributed by atoms with Gasteiger partial charge in [-0.1, -0.05) is 42.5 Å². The maximum Gasteiger partial charge on any atom is 0.138 e. The summed E-state index contributed by atoms with van der Waals surface area (Å²) in [5.74, 6) is 0.807. The van der Waals surface area contributed by atoms with Gasteiger partial charge in [-0.05, 0) is 30.2 Å². The molecule has 1 aromatic heterocycles. The lowest BCUT2D eigenvalue weighted by molar-refractivity contribution is 0.305. The van der Waals surface area contributed by atoms with Gasteiger partial charge in [-0.3, -0.25) is 4.98 Å². The number of pyridine rings is 1. The van der Waals surface area contributed by atoms with Crippen molar-refractivity contribution < 1.29 is 4.74 Å². The number of hydrogen-bond acceptors (Lipinski definition) is 2. The molecule has 2 heteroatoms. The predicted octanol–water partition coefficient (Wildman–Crippen LogP) is 4.12. The number of benzene rings is 2. The summed E-state index contributed by atoms with van der Waals surface area (Å²) in [6, 6.07) is 18.3. The third-order valence-electron chi connectivity index (χ3n) is 3.22. The van der Waals surface area contributed by atoms with Gasteiger partial charge in [0, 0.05) is 5.39 Å². The number of ether oxygens (including phenoxy) is 1. The first kappa shape index (κ1) is 11.7. The summed E-state index contributed by atoms with van der Waals surface area (Å²) in [5.41, 5.74) is 3.44. The maximum atomic E-state index is 5.82. The molecule has 0 spiro atoms. The van der Waals surface area contributed by atoms with Crippen LogP contribution in [0.25, 0.3) is 10.9 Å². The molecule has 2 aromatic carbocycles. The molecule has 94 valence electrons. The van der Waals surface area contributed by atoms with Crippen LogP contribution >= 0.6 is 0 Å². The highest BCUT2D eigenvalue weighted by molar-refractivity contribution is 5.79. The Hall–Kier alpha value is -2.35. The molecule has 1 heterocycles. The fourth-order valence-corrected chi connectivity index (χ4v) is 2.06. The van der Waals surface area contributed by atoms with Crippen LogP contribution in [0.3, 0.4) is 0 Å². The molecule has 0 amide bonds. The Kier molecular flexibility index (Phi) is 3.15. The average molecular weight is 249 g/mol. The van der Waals surface area contributed by atoms with Crippen LogP contribution in [0.1, 0.15) is 11.1 Å². The highest BCUT2D eigenvalue weighted by Crippen LogP contribution is 2.19. The summed E-state index contributed by atoms with van der Waals surface area (Å²) < 4.78 is 5.82. The number of fused-ring (bicyclic) bond motifs is 1. The second kappa shape index (κ2) is 5.11. The predicted molar refractivity (Wildman–Crippen MR) is 77.3 cm³/mol. The van der Waals surface area contributed by atoms with Gasteiger partial charge in [0.15, 0.2) is 0 Å². The molecule has 0 aliphatic rings. The zero-order valence-corrected chi connectivity index (χ0v) is 10.8. The second-order valence-electron chi connectivity index (χ2n) is 4.58. The standard InChI is InChI=1S/C17H15NO/c1-13-6-2-3-8-15(13)12-19-16-10-14-7-4-5-9-17(14)18-11-16/h2-11H,12H2,1H3. The quantitative estimate of drug-likeness (QED) is 0.696. The Morgan fingerprint density at radius 2 is 1.79 bits per heavy atom. The van der Waals surface area contributed by atoms with Crippen LogP contribution in [0.2, 0.25) is 0 Å². The van der Waals surface area contributed by atoms with E-state index in [0.717, 1.165) is 16.7 Å². The Morgan fingerprint density at radius 3 is 2.68 bits per heavy atom. The summed E-state index contributed by atoms with van der Waals surface area (Å²) in [7, 11) is 0. The van der Waals surface area contributed by atoms with Gasteiger partial charge in [-0.25, -0.2) is 0 Å². The molecule has 2 nitrogen and oxygen atoms in total. The van der Waals surface area contributed by atoms with Crippen LogP contribution in [-0.2, 0) is 6.61 Å².